The number of rotatable bonds is 5. The lowest BCUT2D eigenvalue weighted by Crippen LogP contribution is -2.52. The zero-order valence-electron chi connectivity index (χ0n) is 15.0. The van der Waals surface area contributed by atoms with Crippen LogP contribution in [-0.2, 0) is 22.7 Å². The molecular formula is C19H24N4O3. The number of nitrogens with one attached hydrogen (secondary N) is 2. The normalized spacial score (nSPS) is 25.3. The standard InChI is InChI=1S/C19H24N4O3/c1-22(11-14-7-8-20-14)9-12-3-2-4-13-10-23(19(26)17(12)13)15-5-6-16(24)21-18(15)25/h2-4,14-15,20H,5-11H2,1H3,(H,21,24,25). The van der Waals surface area contributed by atoms with Crippen molar-refractivity contribution in [1.82, 2.24) is 20.4 Å². The number of amides is 3. The van der Waals surface area contributed by atoms with E-state index in [-0.39, 0.29) is 24.1 Å². The lowest BCUT2D eigenvalue weighted by atomic mass is 10.0. The lowest BCUT2D eigenvalue weighted by Gasteiger charge is -2.32. The van der Waals surface area contributed by atoms with E-state index in [1.165, 1.54) is 6.42 Å². The number of benzene rings is 1. The summed E-state index contributed by atoms with van der Waals surface area (Å²) in [5.74, 6) is -0.722. The minimum absolute atomic E-state index is 0.0970. The van der Waals surface area contributed by atoms with Crippen LogP contribution in [0.2, 0.25) is 0 Å². The molecule has 3 aliphatic heterocycles. The van der Waals surface area contributed by atoms with E-state index in [0.717, 1.165) is 29.8 Å². The first-order valence-electron chi connectivity index (χ1n) is 9.20. The zero-order chi connectivity index (χ0) is 18.3. The third-order valence-electron chi connectivity index (χ3n) is 5.54. The highest BCUT2D eigenvalue weighted by atomic mass is 16.2. The van der Waals surface area contributed by atoms with Gasteiger partial charge in [0.15, 0.2) is 0 Å². The molecule has 0 aromatic heterocycles. The first-order chi connectivity index (χ1) is 12.5. The molecule has 2 atom stereocenters. The number of likely N-dealkylation sites (N-methyl/N-ethyl adjacent to an activating group) is 1. The fourth-order valence-electron chi connectivity index (χ4n) is 4.06. The van der Waals surface area contributed by atoms with E-state index in [0.29, 0.717) is 25.6 Å². The van der Waals surface area contributed by atoms with Crippen molar-refractivity contribution in [1.29, 1.82) is 0 Å². The third-order valence-corrected chi connectivity index (χ3v) is 5.54. The van der Waals surface area contributed by atoms with E-state index in [2.05, 4.69) is 22.6 Å². The smallest absolute Gasteiger partial charge is 0.255 e. The first-order valence-corrected chi connectivity index (χ1v) is 9.20. The number of carbonyl (C=O) groups is 3. The number of piperidine rings is 1. The van der Waals surface area contributed by atoms with Gasteiger partial charge in [0.2, 0.25) is 11.8 Å². The van der Waals surface area contributed by atoms with Crippen LogP contribution in [-0.4, -0.2) is 59.7 Å². The predicted molar refractivity (Wildman–Crippen MR) is 95.2 cm³/mol. The number of fused-ring (bicyclic) bond motifs is 1. The highest BCUT2D eigenvalue weighted by molar-refractivity contribution is 6.05. The van der Waals surface area contributed by atoms with E-state index in [1.807, 2.05) is 18.2 Å². The summed E-state index contributed by atoms with van der Waals surface area (Å²) >= 11 is 0. The summed E-state index contributed by atoms with van der Waals surface area (Å²) in [7, 11) is 2.07. The largest absolute Gasteiger partial charge is 0.322 e. The van der Waals surface area contributed by atoms with Crippen LogP contribution in [0.5, 0.6) is 0 Å². The molecule has 3 aliphatic rings. The topological polar surface area (TPSA) is 81.8 Å². The van der Waals surface area contributed by atoms with Gasteiger partial charge < -0.3 is 15.1 Å². The molecule has 0 bridgehead atoms. The molecule has 0 aliphatic carbocycles. The van der Waals surface area contributed by atoms with Gasteiger partial charge in [-0.05, 0) is 37.6 Å². The molecule has 3 amide bonds. The summed E-state index contributed by atoms with van der Waals surface area (Å²) in [4.78, 5) is 40.4. The summed E-state index contributed by atoms with van der Waals surface area (Å²) in [6.07, 6.45) is 1.87. The third kappa shape index (κ3) is 3.12. The van der Waals surface area contributed by atoms with Crippen LogP contribution >= 0.6 is 0 Å². The number of hydrogen-bond acceptors (Lipinski definition) is 5. The molecule has 0 radical (unpaired) electrons. The highest BCUT2D eigenvalue weighted by Crippen LogP contribution is 2.30. The van der Waals surface area contributed by atoms with Crippen LogP contribution in [0.3, 0.4) is 0 Å². The maximum Gasteiger partial charge on any atom is 0.255 e. The average Bonchev–Trinajstić information content (AvgIpc) is 2.89. The van der Waals surface area contributed by atoms with Crippen molar-refractivity contribution in [2.45, 2.75) is 44.4 Å². The molecular weight excluding hydrogens is 332 g/mol. The molecule has 0 saturated carbocycles. The number of nitrogens with zero attached hydrogens (tertiary/aromatic N) is 2. The van der Waals surface area contributed by atoms with Crippen LogP contribution < -0.4 is 10.6 Å². The Morgan fingerprint density at radius 3 is 2.73 bits per heavy atom. The van der Waals surface area contributed by atoms with Crippen LogP contribution in [0.1, 0.15) is 40.7 Å². The Kier molecular flexibility index (Phi) is 4.50. The van der Waals surface area contributed by atoms with Crippen molar-refractivity contribution >= 4 is 17.7 Å². The monoisotopic (exact) mass is 356 g/mol. The molecule has 3 heterocycles. The second kappa shape index (κ2) is 6.81. The molecule has 138 valence electrons. The molecule has 2 saturated heterocycles. The summed E-state index contributed by atoms with van der Waals surface area (Å²) in [5, 5.41) is 5.74. The molecule has 2 unspecified atom stereocenters. The van der Waals surface area contributed by atoms with E-state index >= 15 is 0 Å². The van der Waals surface area contributed by atoms with Crippen LogP contribution in [0.25, 0.3) is 0 Å². The molecule has 7 heteroatoms. The lowest BCUT2D eigenvalue weighted by molar-refractivity contribution is -0.136. The maximum absolute atomic E-state index is 13.0. The molecule has 1 aromatic rings. The molecule has 7 nitrogen and oxygen atoms in total. The van der Waals surface area contributed by atoms with E-state index in [4.69, 9.17) is 0 Å². The van der Waals surface area contributed by atoms with Gasteiger partial charge in [-0.2, -0.15) is 0 Å². The Bertz CT molecular complexity index is 759. The van der Waals surface area contributed by atoms with E-state index in [9.17, 15) is 14.4 Å². The molecule has 1 aromatic carbocycles. The van der Waals surface area contributed by atoms with Crippen molar-refractivity contribution in [3.8, 4) is 0 Å². The van der Waals surface area contributed by atoms with Crippen LogP contribution in [0.4, 0.5) is 0 Å². The summed E-state index contributed by atoms with van der Waals surface area (Å²) in [6, 6.07) is 5.90. The SMILES string of the molecule is CN(Cc1cccc2c1C(=O)N(C1CCC(=O)NC1=O)C2)CC1CCN1. The molecule has 0 spiro atoms. The number of imide groups is 1. The van der Waals surface area contributed by atoms with Gasteiger partial charge in [-0.15, -0.1) is 0 Å². The molecule has 4 rings (SSSR count). The van der Waals surface area contributed by atoms with Crippen molar-refractivity contribution in [2.24, 2.45) is 0 Å². The number of carbonyl (C=O) groups excluding carboxylic acids is 3. The fourth-order valence-corrected chi connectivity index (χ4v) is 4.06. The van der Waals surface area contributed by atoms with Gasteiger partial charge >= 0.3 is 0 Å². The van der Waals surface area contributed by atoms with Crippen LogP contribution in [0, 0.1) is 0 Å². The van der Waals surface area contributed by atoms with E-state index < -0.39 is 6.04 Å². The average molecular weight is 356 g/mol. The minimum atomic E-state index is -0.558. The quantitative estimate of drug-likeness (QED) is 0.739. The zero-order valence-corrected chi connectivity index (χ0v) is 15.0. The first kappa shape index (κ1) is 17.2. The summed E-state index contributed by atoms with van der Waals surface area (Å²) < 4.78 is 0. The molecule has 26 heavy (non-hydrogen) atoms. The van der Waals surface area contributed by atoms with Gasteiger partial charge in [0, 0.05) is 37.7 Å². The van der Waals surface area contributed by atoms with Gasteiger partial charge in [-0.3, -0.25) is 19.7 Å². The molecule has 2 fully saturated rings. The Balaban J connectivity index is 1.51. The predicted octanol–water partition coefficient (Wildman–Crippen LogP) is 0.241. The maximum atomic E-state index is 13.0. The summed E-state index contributed by atoms with van der Waals surface area (Å²) in [6.45, 7) is 3.17. The van der Waals surface area contributed by atoms with Crippen molar-refractivity contribution < 1.29 is 14.4 Å². The van der Waals surface area contributed by atoms with Gasteiger partial charge in [0.05, 0.1) is 0 Å². The van der Waals surface area contributed by atoms with Crippen molar-refractivity contribution in [3.63, 3.8) is 0 Å². The highest BCUT2D eigenvalue weighted by Gasteiger charge is 2.40. The Hall–Kier alpha value is -2.25. The van der Waals surface area contributed by atoms with Gasteiger partial charge in [-0.25, -0.2) is 0 Å². The Labute approximate surface area is 152 Å². The fraction of sp³-hybridized carbons (Fsp3) is 0.526. The second-order valence-electron chi connectivity index (χ2n) is 7.49. The van der Waals surface area contributed by atoms with Crippen molar-refractivity contribution in [3.05, 3.63) is 34.9 Å². The minimum Gasteiger partial charge on any atom is -0.322 e. The van der Waals surface area contributed by atoms with Crippen LogP contribution in [0.15, 0.2) is 18.2 Å². The van der Waals surface area contributed by atoms with Crippen molar-refractivity contribution in [2.75, 3.05) is 20.1 Å². The second-order valence-corrected chi connectivity index (χ2v) is 7.49. The Morgan fingerprint density at radius 2 is 2.04 bits per heavy atom. The van der Waals surface area contributed by atoms with Gasteiger partial charge in [-0.1, -0.05) is 18.2 Å². The van der Waals surface area contributed by atoms with E-state index in [1.54, 1.807) is 4.90 Å². The number of hydrogen-bond donors (Lipinski definition) is 2. The molecule has 2 N–H and O–H groups in total. The summed E-state index contributed by atoms with van der Waals surface area (Å²) in [5.41, 5.74) is 2.70. The van der Waals surface area contributed by atoms with Gasteiger partial charge in [0.1, 0.15) is 6.04 Å². The Morgan fingerprint density at radius 1 is 1.23 bits per heavy atom. The van der Waals surface area contributed by atoms with Gasteiger partial charge in [0.25, 0.3) is 5.91 Å².